The van der Waals surface area contributed by atoms with Gasteiger partial charge in [0.1, 0.15) is 0 Å². The predicted octanol–water partition coefficient (Wildman–Crippen LogP) is 1.15. The van der Waals surface area contributed by atoms with Crippen molar-refractivity contribution in [3.05, 3.63) is 0 Å². The third-order valence-electron chi connectivity index (χ3n) is 2.08. The summed E-state index contributed by atoms with van der Waals surface area (Å²) in [7, 11) is 0. The molecule has 0 radical (unpaired) electrons. The van der Waals surface area contributed by atoms with Crippen LogP contribution in [0.15, 0.2) is 10.1 Å². The van der Waals surface area contributed by atoms with Crippen molar-refractivity contribution in [1.82, 2.24) is 5.43 Å². The zero-order valence-corrected chi connectivity index (χ0v) is 9.32. The van der Waals surface area contributed by atoms with Gasteiger partial charge in [-0.25, -0.2) is 0 Å². The average molecular weight is 277 g/mol. The minimum atomic E-state index is 0.120. The maximum absolute atomic E-state index is 4.35. The van der Waals surface area contributed by atoms with Crippen molar-refractivity contribution >= 4 is 36.8 Å². The van der Waals surface area contributed by atoms with E-state index in [0.717, 1.165) is 15.6 Å². The molecule has 0 aliphatic carbocycles. The van der Waals surface area contributed by atoms with E-state index in [-0.39, 0.29) is 20.7 Å². The lowest BCUT2D eigenvalue weighted by Gasteiger charge is -2.25. The number of nitrogens with one attached hydrogen (secondary N) is 1. The first-order chi connectivity index (χ1) is 5.79. The molecular formula is C8H12IN3. The van der Waals surface area contributed by atoms with E-state index in [1.165, 1.54) is 0 Å². The lowest BCUT2D eigenvalue weighted by molar-refractivity contribution is 0.543. The number of hydrazone groups is 1. The third-order valence-corrected chi connectivity index (χ3v) is 5.67. The largest absolute Gasteiger partial charge is 0.300 e. The lowest BCUT2D eigenvalue weighted by atomic mass is 10.0. The van der Waals surface area contributed by atoms with Gasteiger partial charge in [0.15, 0.2) is 0 Å². The van der Waals surface area contributed by atoms with Gasteiger partial charge in [0, 0.05) is 3.92 Å². The van der Waals surface area contributed by atoms with E-state index in [1.807, 2.05) is 6.21 Å². The van der Waals surface area contributed by atoms with E-state index in [0.29, 0.717) is 6.04 Å². The Bertz CT molecular complexity index is 267. The zero-order valence-electron chi connectivity index (χ0n) is 7.16. The summed E-state index contributed by atoms with van der Waals surface area (Å²) in [5.74, 6) is 0.735. The molecule has 2 atom stereocenters. The molecule has 0 saturated heterocycles. The van der Waals surface area contributed by atoms with Crippen molar-refractivity contribution in [2.24, 2.45) is 16.0 Å². The van der Waals surface area contributed by atoms with E-state index in [1.54, 1.807) is 0 Å². The van der Waals surface area contributed by atoms with Gasteiger partial charge in [-0.05, 0) is 5.92 Å². The van der Waals surface area contributed by atoms with Crippen molar-refractivity contribution < 1.29 is 0 Å². The second kappa shape index (κ2) is 3.24. The number of hydrogen-bond acceptors (Lipinski definition) is 3. The second-order valence-corrected chi connectivity index (χ2v) is 6.05. The predicted molar refractivity (Wildman–Crippen MR) is 61.6 cm³/mol. The summed E-state index contributed by atoms with van der Waals surface area (Å²) in [6, 6.07) is 0.419. The number of halogens is 1. The molecule has 1 N–H and O–H groups in total. The Hall–Kier alpha value is -0.260. The van der Waals surface area contributed by atoms with Gasteiger partial charge in [-0.15, -0.1) is 0 Å². The van der Waals surface area contributed by atoms with Crippen molar-refractivity contribution in [1.29, 1.82) is 0 Å². The maximum Gasteiger partial charge on any atom is 0.0993 e. The van der Waals surface area contributed by atoms with Crippen molar-refractivity contribution in [2.45, 2.75) is 23.8 Å². The Balaban J connectivity index is 2.22. The summed E-state index contributed by atoms with van der Waals surface area (Å²) in [5.41, 5.74) is 4.26. The highest BCUT2D eigenvalue weighted by atomic mass is 127. The highest BCUT2D eigenvalue weighted by Gasteiger charge is 2.31. The number of fused-ring (bicyclic) bond motifs is 1. The Labute approximate surface area is 82.1 Å². The molecule has 0 saturated carbocycles. The Kier molecular flexibility index (Phi) is 2.25. The molecule has 2 heterocycles. The lowest BCUT2D eigenvalue weighted by Crippen LogP contribution is -2.41. The van der Waals surface area contributed by atoms with Gasteiger partial charge < -0.3 is 0 Å². The van der Waals surface area contributed by atoms with Crippen molar-refractivity contribution in [2.75, 3.05) is 0 Å². The van der Waals surface area contributed by atoms with E-state index < -0.39 is 0 Å². The average Bonchev–Trinajstić information content (AvgIpc) is 2.49. The number of hydrogen-bond donors (Lipinski definition) is 1. The van der Waals surface area contributed by atoms with Gasteiger partial charge in [0.05, 0.1) is 22.1 Å². The molecule has 0 bridgehead atoms. The van der Waals surface area contributed by atoms with Gasteiger partial charge in [0.25, 0.3) is 0 Å². The molecule has 12 heavy (non-hydrogen) atoms. The number of nitrogens with zero attached hydrogens (tertiary/aromatic N) is 2. The van der Waals surface area contributed by atoms with Crippen LogP contribution >= 0.6 is 20.7 Å². The number of alkyl halides is 1. The molecule has 3 nitrogen and oxygen atoms in total. The smallest absolute Gasteiger partial charge is 0.0993 e. The van der Waals surface area contributed by atoms with Gasteiger partial charge in [0.2, 0.25) is 0 Å². The van der Waals surface area contributed by atoms with Crippen LogP contribution < -0.4 is 5.43 Å². The maximum atomic E-state index is 4.35. The molecule has 2 aliphatic heterocycles. The molecule has 0 aromatic heterocycles. The highest BCUT2D eigenvalue weighted by molar-refractivity contribution is 14.2. The Morgan fingerprint density at radius 2 is 2.42 bits per heavy atom. The van der Waals surface area contributed by atoms with Crippen LogP contribution in [0.2, 0.25) is 0 Å². The summed E-state index contributed by atoms with van der Waals surface area (Å²) in [5, 5.41) is 4.05. The van der Waals surface area contributed by atoms with Crippen LogP contribution in [0.4, 0.5) is 0 Å². The molecule has 2 aliphatic rings. The molecule has 0 aromatic carbocycles. The molecule has 66 valence electrons. The topological polar surface area (TPSA) is 36.8 Å². The van der Waals surface area contributed by atoms with E-state index >= 15 is 0 Å². The van der Waals surface area contributed by atoms with Gasteiger partial charge in [-0.2, -0.15) is 5.10 Å². The van der Waals surface area contributed by atoms with Crippen LogP contribution in [0.25, 0.3) is 0 Å². The fourth-order valence-corrected chi connectivity index (χ4v) is 4.06. The van der Waals surface area contributed by atoms with Crippen LogP contribution in [0.5, 0.6) is 0 Å². The second-order valence-electron chi connectivity index (χ2n) is 3.33. The summed E-state index contributed by atoms with van der Waals surface area (Å²) < 4.78 is 2.88. The third kappa shape index (κ3) is 1.32. The molecule has 0 fully saturated rings. The minimum Gasteiger partial charge on any atom is -0.300 e. The summed E-state index contributed by atoms with van der Waals surface area (Å²) in [4.78, 5) is 4.35. The van der Waals surface area contributed by atoms with Crippen molar-refractivity contribution in [3.63, 3.8) is 0 Å². The molecular weight excluding hydrogens is 265 g/mol. The SMILES string of the molecule is CC(C)C1I=CN=C2C=NNC21. The minimum absolute atomic E-state index is 0.120. The van der Waals surface area contributed by atoms with Crippen LogP contribution in [0, 0.1) is 5.92 Å². The standard InChI is InChI=1S/C8H12IN3/c1-5(2)7-8-6(3-11-12-8)10-4-9-7/h3-5,7-8,12H,1-2H3. The van der Waals surface area contributed by atoms with Crippen LogP contribution in [-0.2, 0) is 0 Å². The van der Waals surface area contributed by atoms with E-state index in [9.17, 15) is 0 Å². The normalized spacial score (nSPS) is 32.4. The first-order valence-corrected chi connectivity index (χ1v) is 6.58. The summed E-state index contributed by atoms with van der Waals surface area (Å²) >= 11 is 0.120. The summed E-state index contributed by atoms with van der Waals surface area (Å²) in [6.45, 7) is 4.56. The van der Waals surface area contributed by atoms with E-state index in [4.69, 9.17) is 0 Å². The fourth-order valence-electron chi connectivity index (χ4n) is 1.43. The molecule has 2 rings (SSSR count). The first-order valence-electron chi connectivity index (χ1n) is 4.09. The van der Waals surface area contributed by atoms with Gasteiger partial charge in [-0.1, -0.05) is 34.6 Å². The zero-order chi connectivity index (χ0) is 8.55. The van der Waals surface area contributed by atoms with Crippen LogP contribution in [0.3, 0.4) is 0 Å². The molecule has 4 heteroatoms. The number of aliphatic imine (C=N–C) groups is 1. The number of rotatable bonds is 1. The molecule has 2 unspecified atom stereocenters. The van der Waals surface area contributed by atoms with Gasteiger partial charge in [-0.3, -0.25) is 10.4 Å². The van der Waals surface area contributed by atoms with Crippen molar-refractivity contribution in [3.8, 4) is 0 Å². The first kappa shape index (κ1) is 8.34. The monoisotopic (exact) mass is 277 g/mol. The quantitative estimate of drug-likeness (QED) is 0.566. The fraction of sp³-hybridized carbons (Fsp3) is 0.625. The Morgan fingerprint density at radius 3 is 3.17 bits per heavy atom. The van der Waals surface area contributed by atoms with E-state index in [2.05, 4.69) is 33.5 Å². The molecule has 0 spiro atoms. The molecule has 0 aromatic rings. The Morgan fingerprint density at radius 1 is 1.58 bits per heavy atom. The van der Waals surface area contributed by atoms with Crippen LogP contribution in [-0.4, -0.2) is 26.0 Å². The summed E-state index contributed by atoms with van der Waals surface area (Å²) in [6.07, 6.45) is 1.85. The van der Waals surface area contributed by atoms with Gasteiger partial charge >= 0.3 is 0 Å². The highest BCUT2D eigenvalue weighted by Crippen LogP contribution is 2.26. The van der Waals surface area contributed by atoms with Crippen LogP contribution in [0.1, 0.15) is 13.8 Å². The molecule has 0 amide bonds.